The molecule has 4 heteroatoms. The van der Waals surface area contributed by atoms with Crippen molar-refractivity contribution < 1.29 is 14.3 Å². The Bertz CT molecular complexity index is 391. The second-order valence-electron chi connectivity index (χ2n) is 3.14. The van der Waals surface area contributed by atoms with E-state index in [1.165, 1.54) is 6.07 Å². The van der Waals surface area contributed by atoms with Gasteiger partial charge in [0.2, 0.25) is 5.76 Å². The van der Waals surface area contributed by atoms with Gasteiger partial charge in [-0.1, -0.05) is 13.8 Å². The first-order valence-electron chi connectivity index (χ1n) is 4.43. The van der Waals surface area contributed by atoms with E-state index in [1.807, 2.05) is 6.92 Å². The van der Waals surface area contributed by atoms with Crippen LogP contribution in [0.1, 0.15) is 42.3 Å². The zero-order valence-electron chi connectivity index (χ0n) is 8.11. The molecule has 0 radical (unpaired) electrons. The highest BCUT2D eigenvalue weighted by molar-refractivity contribution is 5.86. The molecule has 0 spiro atoms. The first kappa shape index (κ1) is 10.5. The van der Waals surface area contributed by atoms with Gasteiger partial charge in [-0.15, -0.1) is 0 Å². The van der Waals surface area contributed by atoms with E-state index in [4.69, 9.17) is 9.52 Å². The van der Waals surface area contributed by atoms with Crippen LogP contribution in [-0.2, 0) is 0 Å². The zero-order valence-corrected chi connectivity index (χ0v) is 8.11. The van der Waals surface area contributed by atoms with E-state index in [9.17, 15) is 9.59 Å². The van der Waals surface area contributed by atoms with Crippen LogP contribution >= 0.6 is 0 Å². The number of hydrogen-bond donors (Lipinski definition) is 1. The Morgan fingerprint density at radius 1 is 1.64 bits per heavy atom. The summed E-state index contributed by atoms with van der Waals surface area (Å²) < 4.78 is 4.82. The van der Waals surface area contributed by atoms with Crippen molar-refractivity contribution in [1.82, 2.24) is 0 Å². The molecule has 1 heterocycles. The van der Waals surface area contributed by atoms with Crippen molar-refractivity contribution >= 4 is 5.97 Å². The predicted octanol–water partition coefficient (Wildman–Crippen LogP) is 1.85. The van der Waals surface area contributed by atoms with Crippen LogP contribution in [0.2, 0.25) is 0 Å². The summed E-state index contributed by atoms with van der Waals surface area (Å²) in [5.41, 5.74) is -0.0227. The van der Waals surface area contributed by atoms with Gasteiger partial charge < -0.3 is 9.52 Å². The molecular weight excluding hydrogens is 184 g/mol. The minimum Gasteiger partial charge on any atom is -0.475 e. The molecular formula is C10H12O4. The predicted molar refractivity (Wildman–Crippen MR) is 50.6 cm³/mol. The van der Waals surface area contributed by atoms with Gasteiger partial charge in [0, 0.05) is 6.07 Å². The summed E-state index contributed by atoms with van der Waals surface area (Å²) in [5, 5.41) is 8.80. The Labute approximate surface area is 81.2 Å². The van der Waals surface area contributed by atoms with Gasteiger partial charge in [-0.05, 0) is 12.3 Å². The molecule has 0 amide bonds. The van der Waals surface area contributed by atoms with Gasteiger partial charge in [-0.2, -0.15) is 0 Å². The van der Waals surface area contributed by atoms with Gasteiger partial charge in [-0.3, -0.25) is 4.79 Å². The van der Waals surface area contributed by atoms with Crippen molar-refractivity contribution in [2.45, 2.75) is 26.2 Å². The third-order valence-electron chi connectivity index (χ3n) is 2.21. The zero-order chi connectivity index (χ0) is 10.7. The minimum atomic E-state index is -1.20. The molecule has 0 aromatic carbocycles. The molecule has 1 aromatic heterocycles. The number of rotatable bonds is 3. The molecule has 1 rings (SSSR count). The van der Waals surface area contributed by atoms with Gasteiger partial charge in [-0.25, -0.2) is 4.79 Å². The van der Waals surface area contributed by atoms with E-state index in [-0.39, 0.29) is 22.7 Å². The molecule has 1 unspecified atom stereocenters. The van der Waals surface area contributed by atoms with Gasteiger partial charge in [0.25, 0.3) is 0 Å². The fourth-order valence-corrected chi connectivity index (χ4v) is 1.27. The molecule has 0 saturated carbocycles. The van der Waals surface area contributed by atoms with E-state index in [0.717, 1.165) is 6.26 Å². The highest BCUT2D eigenvalue weighted by atomic mass is 16.4. The second kappa shape index (κ2) is 4.09. The van der Waals surface area contributed by atoms with Crippen molar-refractivity contribution in [2.75, 3.05) is 0 Å². The van der Waals surface area contributed by atoms with Gasteiger partial charge >= 0.3 is 5.97 Å². The topological polar surface area (TPSA) is 67.5 Å². The molecule has 1 atom stereocenters. The SMILES string of the molecule is CCC(C)c1c(C(=O)O)occc1=O. The van der Waals surface area contributed by atoms with Gasteiger partial charge in [0.05, 0.1) is 11.8 Å². The summed E-state index contributed by atoms with van der Waals surface area (Å²) in [4.78, 5) is 22.2. The number of aromatic carboxylic acids is 1. The molecule has 14 heavy (non-hydrogen) atoms. The highest BCUT2D eigenvalue weighted by Gasteiger charge is 2.19. The van der Waals surface area contributed by atoms with Crippen LogP contribution in [0.25, 0.3) is 0 Å². The van der Waals surface area contributed by atoms with E-state index in [2.05, 4.69) is 0 Å². The molecule has 0 bridgehead atoms. The molecule has 4 nitrogen and oxygen atoms in total. The van der Waals surface area contributed by atoms with Gasteiger partial charge in [0.1, 0.15) is 0 Å². The molecule has 0 fully saturated rings. The average Bonchev–Trinajstić information content (AvgIpc) is 2.16. The summed E-state index contributed by atoms with van der Waals surface area (Å²) in [7, 11) is 0. The molecule has 76 valence electrons. The quantitative estimate of drug-likeness (QED) is 0.801. The standard InChI is InChI=1S/C10H12O4/c1-3-6(2)8-7(11)4-5-14-9(8)10(12)13/h4-6H,3H2,1-2H3,(H,12,13). The summed E-state index contributed by atoms with van der Waals surface area (Å²) in [6, 6.07) is 1.24. The van der Waals surface area contributed by atoms with Crippen LogP contribution in [0.5, 0.6) is 0 Å². The molecule has 0 aliphatic heterocycles. The first-order valence-corrected chi connectivity index (χ1v) is 4.43. The Kier molecular flexibility index (Phi) is 3.06. The Balaban J connectivity index is 3.37. The lowest BCUT2D eigenvalue weighted by Crippen LogP contribution is -2.16. The maximum absolute atomic E-state index is 11.4. The average molecular weight is 196 g/mol. The van der Waals surface area contributed by atoms with E-state index in [1.54, 1.807) is 6.92 Å². The summed E-state index contributed by atoms with van der Waals surface area (Å²) in [6.07, 6.45) is 1.81. The third kappa shape index (κ3) is 1.84. The summed E-state index contributed by atoms with van der Waals surface area (Å²) in [5.74, 6) is -1.54. The van der Waals surface area contributed by atoms with Crippen LogP contribution < -0.4 is 5.43 Å². The fraction of sp³-hybridized carbons (Fsp3) is 0.400. The van der Waals surface area contributed by atoms with Crippen molar-refractivity contribution in [2.24, 2.45) is 0 Å². The van der Waals surface area contributed by atoms with Crippen LogP contribution in [0.4, 0.5) is 0 Å². The number of hydrogen-bond acceptors (Lipinski definition) is 3. The molecule has 1 N–H and O–H groups in total. The lowest BCUT2D eigenvalue weighted by Gasteiger charge is -2.08. The third-order valence-corrected chi connectivity index (χ3v) is 2.21. The maximum atomic E-state index is 11.4. The van der Waals surface area contributed by atoms with Gasteiger partial charge in [0.15, 0.2) is 5.43 Å². The molecule has 0 aliphatic carbocycles. The Morgan fingerprint density at radius 2 is 2.29 bits per heavy atom. The van der Waals surface area contributed by atoms with E-state index < -0.39 is 5.97 Å². The van der Waals surface area contributed by atoms with Crippen molar-refractivity contribution in [3.05, 3.63) is 33.9 Å². The Morgan fingerprint density at radius 3 is 2.79 bits per heavy atom. The second-order valence-corrected chi connectivity index (χ2v) is 3.14. The number of carboxylic acids is 1. The lowest BCUT2D eigenvalue weighted by molar-refractivity contribution is 0.0656. The summed E-state index contributed by atoms with van der Waals surface area (Å²) in [6.45, 7) is 3.70. The number of carbonyl (C=O) groups is 1. The van der Waals surface area contributed by atoms with E-state index >= 15 is 0 Å². The molecule has 0 aliphatic rings. The summed E-state index contributed by atoms with van der Waals surface area (Å²) >= 11 is 0. The monoisotopic (exact) mass is 196 g/mol. The molecule has 0 saturated heterocycles. The number of carboxylic acid groups (broad SMARTS) is 1. The van der Waals surface area contributed by atoms with Crippen molar-refractivity contribution in [3.8, 4) is 0 Å². The van der Waals surface area contributed by atoms with Crippen LogP contribution in [0, 0.1) is 0 Å². The highest BCUT2D eigenvalue weighted by Crippen LogP contribution is 2.18. The molecule has 1 aromatic rings. The Hall–Kier alpha value is -1.58. The van der Waals surface area contributed by atoms with Crippen LogP contribution in [0.3, 0.4) is 0 Å². The minimum absolute atomic E-state index is 0.0986. The smallest absolute Gasteiger partial charge is 0.372 e. The van der Waals surface area contributed by atoms with Crippen molar-refractivity contribution in [3.63, 3.8) is 0 Å². The first-order chi connectivity index (χ1) is 6.57. The maximum Gasteiger partial charge on any atom is 0.372 e. The van der Waals surface area contributed by atoms with E-state index in [0.29, 0.717) is 6.42 Å². The largest absolute Gasteiger partial charge is 0.475 e. The van der Waals surface area contributed by atoms with Crippen LogP contribution in [0.15, 0.2) is 21.5 Å². The fourth-order valence-electron chi connectivity index (χ4n) is 1.27. The normalized spacial score (nSPS) is 12.4. The van der Waals surface area contributed by atoms with Crippen molar-refractivity contribution in [1.29, 1.82) is 0 Å². The van der Waals surface area contributed by atoms with Crippen LogP contribution in [-0.4, -0.2) is 11.1 Å². The lowest BCUT2D eigenvalue weighted by atomic mass is 9.97.